The van der Waals surface area contributed by atoms with Crippen LogP contribution < -0.4 is 4.72 Å². The Morgan fingerprint density at radius 1 is 1.26 bits per heavy atom. The Morgan fingerprint density at radius 3 is 2.53 bits per heavy atom. The number of nitrogens with zero attached hydrogens (tertiary/aromatic N) is 2. The van der Waals surface area contributed by atoms with Gasteiger partial charge in [-0.3, -0.25) is 9.48 Å². The summed E-state index contributed by atoms with van der Waals surface area (Å²) in [5.74, 6) is -0.286. The van der Waals surface area contributed by atoms with Crippen LogP contribution in [0.1, 0.15) is 10.4 Å². The molecule has 0 bridgehead atoms. The minimum absolute atomic E-state index is 0.0216. The maximum atomic E-state index is 11.9. The van der Waals surface area contributed by atoms with Crippen LogP contribution in [0.5, 0.6) is 0 Å². The number of aryl methyl sites for hydroxylation is 1. The minimum atomic E-state index is -3.72. The van der Waals surface area contributed by atoms with Gasteiger partial charge in [-0.05, 0) is 6.07 Å². The molecule has 2 aromatic rings. The molecule has 0 aliphatic carbocycles. The van der Waals surface area contributed by atoms with E-state index in [2.05, 4.69) is 9.82 Å². The highest BCUT2D eigenvalue weighted by molar-refractivity contribution is 7.89. The molecule has 1 heterocycles. The predicted octanol–water partition coefficient (Wildman–Crippen LogP) is 0.581. The van der Waals surface area contributed by atoms with Crippen molar-refractivity contribution >= 4 is 15.8 Å². The molecule has 0 amide bonds. The molecule has 6 nitrogen and oxygen atoms in total. The number of aromatic nitrogens is 2. The Hall–Kier alpha value is -1.99. The Kier molecular flexibility index (Phi) is 3.77. The molecule has 1 aromatic carbocycles. The van der Waals surface area contributed by atoms with Crippen molar-refractivity contribution in [1.82, 2.24) is 14.5 Å². The molecule has 0 fully saturated rings. The van der Waals surface area contributed by atoms with Crippen LogP contribution in [0.2, 0.25) is 0 Å². The maximum Gasteiger partial charge on any atom is 0.258 e. The zero-order chi connectivity index (χ0) is 13.9. The summed E-state index contributed by atoms with van der Waals surface area (Å²) in [5, 5.41) is 3.80. The summed E-state index contributed by atoms with van der Waals surface area (Å²) < 4.78 is 27.3. The highest BCUT2D eigenvalue weighted by Gasteiger charge is 2.19. The van der Waals surface area contributed by atoms with Gasteiger partial charge in [0.15, 0.2) is 10.8 Å². The number of hydrogen-bond acceptors (Lipinski definition) is 4. The second-order valence-electron chi connectivity index (χ2n) is 3.91. The summed E-state index contributed by atoms with van der Waals surface area (Å²) in [5.41, 5.74) is 0.468. The maximum absolute atomic E-state index is 11.9. The topological polar surface area (TPSA) is 81.1 Å². The first kappa shape index (κ1) is 13.4. The quantitative estimate of drug-likeness (QED) is 0.812. The van der Waals surface area contributed by atoms with Gasteiger partial charge in [-0.2, -0.15) is 5.10 Å². The van der Waals surface area contributed by atoms with E-state index in [1.807, 2.05) is 0 Å². The summed E-state index contributed by atoms with van der Waals surface area (Å²) in [6, 6.07) is 9.89. The summed E-state index contributed by atoms with van der Waals surface area (Å²) in [4.78, 5) is 11.8. The first-order valence-electron chi connectivity index (χ1n) is 5.56. The van der Waals surface area contributed by atoms with Gasteiger partial charge in [-0.25, -0.2) is 13.1 Å². The molecule has 0 saturated carbocycles. The van der Waals surface area contributed by atoms with Crippen LogP contribution in [0.4, 0.5) is 0 Å². The van der Waals surface area contributed by atoms with Crippen molar-refractivity contribution in [2.75, 3.05) is 6.54 Å². The molecule has 1 aromatic heterocycles. The number of ketones is 1. The second kappa shape index (κ2) is 5.33. The van der Waals surface area contributed by atoms with Gasteiger partial charge in [0.05, 0.1) is 12.7 Å². The van der Waals surface area contributed by atoms with E-state index in [1.54, 1.807) is 30.3 Å². The Morgan fingerprint density at radius 2 is 1.95 bits per heavy atom. The highest BCUT2D eigenvalue weighted by atomic mass is 32.2. The van der Waals surface area contributed by atoms with Gasteiger partial charge >= 0.3 is 0 Å². The van der Waals surface area contributed by atoms with E-state index in [1.165, 1.54) is 24.0 Å². The lowest BCUT2D eigenvalue weighted by atomic mass is 10.1. The van der Waals surface area contributed by atoms with Gasteiger partial charge in [0.2, 0.25) is 0 Å². The summed E-state index contributed by atoms with van der Waals surface area (Å²) in [7, 11) is -2.20. The van der Waals surface area contributed by atoms with Crippen molar-refractivity contribution in [1.29, 1.82) is 0 Å². The third-order valence-corrected chi connectivity index (χ3v) is 4.05. The first-order chi connectivity index (χ1) is 9.00. The van der Waals surface area contributed by atoms with Crippen LogP contribution in [0.15, 0.2) is 47.6 Å². The standard InChI is InChI=1S/C12H13N3O3S/c1-15-12(7-8-13-15)19(17,18)14-9-11(16)10-5-3-2-4-6-10/h2-8,14H,9H2,1H3. The molecule has 0 aliphatic rings. The van der Waals surface area contributed by atoms with E-state index in [0.29, 0.717) is 5.56 Å². The Bertz CT molecular complexity index is 677. The Labute approximate surface area is 111 Å². The zero-order valence-corrected chi connectivity index (χ0v) is 11.1. The second-order valence-corrected chi connectivity index (χ2v) is 5.62. The van der Waals surface area contributed by atoms with E-state index in [0.717, 1.165) is 0 Å². The molecule has 100 valence electrons. The van der Waals surface area contributed by atoms with Crippen molar-refractivity contribution in [2.24, 2.45) is 7.05 Å². The number of carbonyl (C=O) groups is 1. The minimum Gasteiger partial charge on any atom is -0.293 e. The van der Waals surface area contributed by atoms with Crippen molar-refractivity contribution in [2.45, 2.75) is 5.03 Å². The zero-order valence-electron chi connectivity index (χ0n) is 10.3. The van der Waals surface area contributed by atoms with Crippen LogP contribution in [0.25, 0.3) is 0 Å². The van der Waals surface area contributed by atoms with Gasteiger partial charge < -0.3 is 0 Å². The number of Topliss-reactive ketones (excluding diaryl/α,β-unsaturated/α-hetero) is 1. The SMILES string of the molecule is Cn1nccc1S(=O)(=O)NCC(=O)c1ccccc1. The third-order valence-electron chi connectivity index (χ3n) is 2.57. The lowest BCUT2D eigenvalue weighted by molar-refractivity contribution is 0.0997. The van der Waals surface area contributed by atoms with E-state index in [9.17, 15) is 13.2 Å². The number of benzene rings is 1. The third kappa shape index (κ3) is 3.07. The molecule has 19 heavy (non-hydrogen) atoms. The fraction of sp³-hybridized carbons (Fsp3) is 0.167. The molecule has 0 spiro atoms. The van der Waals surface area contributed by atoms with Crippen LogP contribution >= 0.6 is 0 Å². The van der Waals surface area contributed by atoms with E-state index < -0.39 is 10.0 Å². The number of sulfonamides is 1. The molecule has 0 saturated heterocycles. The lowest BCUT2D eigenvalue weighted by Gasteiger charge is -2.06. The number of nitrogens with one attached hydrogen (secondary N) is 1. The summed E-state index contributed by atoms with van der Waals surface area (Å²) in [6.07, 6.45) is 1.38. The molecular formula is C12H13N3O3S. The van der Waals surface area contributed by atoms with Crippen molar-refractivity contribution in [3.8, 4) is 0 Å². The van der Waals surface area contributed by atoms with Gasteiger partial charge in [0.25, 0.3) is 10.0 Å². The van der Waals surface area contributed by atoms with E-state index in [4.69, 9.17) is 0 Å². The number of carbonyl (C=O) groups excluding carboxylic acids is 1. The molecule has 7 heteroatoms. The molecule has 0 atom stereocenters. The Balaban J connectivity index is 2.07. The summed E-state index contributed by atoms with van der Waals surface area (Å²) >= 11 is 0. The smallest absolute Gasteiger partial charge is 0.258 e. The van der Waals surface area contributed by atoms with Crippen LogP contribution in [0, 0.1) is 0 Å². The molecule has 0 aliphatic heterocycles. The largest absolute Gasteiger partial charge is 0.293 e. The number of rotatable bonds is 5. The van der Waals surface area contributed by atoms with Crippen molar-refractivity contribution in [3.05, 3.63) is 48.2 Å². The fourth-order valence-corrected chi connectivity index (χ4v) is 2.69. The van der Waals surface area contributed by atoms with Gasteiger partial charge in [-0.15, -0.1) is 0 Å². The first-order valence-corrected chi connectivity index (χ1v) is 7.05. The molecule has 0 radical (unpaired) electrons. The lowest BCUT2D eigenvalue weighted by Crippen LogP contribution is -2.31. The van der Waals surface area contributed by atoms with Crippen molar-refractivity contribution < 1.29 is 13.2 Å². The molecular weight excluding hydrogens is 266 g/mol. The predicted molar refractivity (Wildman–Crippen MR) is 69.2 cm³/mol. The fourth-order valence-electron chi connectivity index (χ4n) is 1.59. The van der Waals surface area contributed by atoms with Crippen LogP contribution in [-0.4, -0.2) is 30.5 Å². The van der Waals surface area contributed by atoms with E-state index in [-0.39, 0.29) is 17.4 Å². The molecule has 2 rings (SSSR count). The normalized spacial score (nSPS) is 11.4. The van der Waals surface area contributed by atoms with Crippen molar-refractivity contribution in [3.63, 3.8) is 0 Å². The van der Waals surface area contributed by atoms with Gasteiger partial charge in [-0.1, -0.05) is 30.3 Å². The highest BCUT2D eigenvalue weighted by Crippen LogP contribution is 2.06. The summed E-state index contributed by atoms with van der Waals surface area (Å²) in [6.45, 7) is -0.280. The van der Waals surface area contributed by atoms with Gasteiger partial charge in [0.1, 0.15) is 0 Å². The van der Waals surface area contributed by atoms with E-state index >= 15 is 0 Å². The van der Waals surface area contributed by atoms with Crippen LogP contribution in [-0.2, 0) is 17.1 Å². The monoisotopic (exact) mass is 279 g/mol. The van der Waals surface area contributed by atoms with Crippen LogP contribution in [0.3, 0.4) is 0 Å². The average Bonchev–Trinajstić information content (AvgIpc) is 2.84. The molecule has 1 N–H and O–H groups in total. The molecule has 0 unspecified atom stereocenters. The average molecular weight is 279 g/mol. The van der Waals surface area contributed by atoms with Gasteiger partial charge in [0, 0.05) is 12.6 Å². The number of hydrogen-bond donors (Lipinski definition) is 1.